The zero-order valence-electron chi connectivity index (χ0n) is 13.7. The second-order valence-electron chi connectivity index (χ2n) is 5.29. The van der Waals surface area contributed by atoms with Gasteiger partial charge < -0.3 is 15.4 Å². The lowest BCUT2D eigenvalue weighted by molar-refractivity contribution is 0.410. The second kappa shape index (κ2) is 8.05. The van der Waals surface area contributed by atoms with E-state index in [0.29, 0.717) is 24.0 Å². The molecule has 1 aromatic heterocycles. The fraction of sp³-hybridized carbons (Fsp3) is 0.167. The Kier molecular flexibility index (Phi) is 5.36. The van der Waals surface area contributed by atoms with Crippen molar-refractivity contribution >= 4 is 17.5 Å². The van der Waals surface area contributed by atoms with Gasteiger partial charge in [-0.25, -0.2) is 4.39 Å². The first-order valence-electron chi connectivity index (χ1n) is 7.82. The van der Waals surface area contributed by atoms with Crippen LogP contribution in [0.1, 0.15) is 5.56 Å². The van der Waals surface area contributed by atoms with Gasteiger partial charge in [-0.15, -0.1) is 5.10 Å². The van der Waals surface area contributed by atoms with Gasteiger partial charge in [-0.1, -0.05) is 24.3 Å². The Balaban J connectivity index is 1.60. The number of aromatic nitrogens is 3. The molecule has 0 saturated heterocycles. The van der Waals surface area contributed by atoms with Gasteiger partial charge in [-0.3, -0.25) is 0 Å². The van der Waals surface area contributed by atoms with Gasteiger partial charge in [0.15, 0.2) is 5.82 Å². The highest BCUT2D eigenvalue weighted by molar-refractivity contribution is 5.53. The molecule has 1 heterocycles. The van der Waals surface area contributed by atoms with Gasteiger partial charge in [0.2, 0.25) is 5.95 Å². The smallest absolute Gasteiger partial charge is 0.249 e. The number of benzene rings is 2. The Hall–Kier alpha value is -3.22. The molecule has 0 aliphatic rings. The average Bonchev–Trinajstić information content (AvgIpc) is 2.62. The van der Waals surface area contributed by atoms with Crippen LogP contribution < -0.4 is 15.4 Å². The summed E-state index contributed by atoms with van der Waals surface area (Å²) in [4.78, 5) is 4.32. The third-order valence-corrected chi connectivity index (χ3v) is 3.53. The predicted molar refractivity (Wildman–Crippen MR) is 94.7 cm³/mol. The van der Waals surface area contributed by atoms with Gasteiger partial charge in [-0.05, 0) is 36.2 Å². The molecular formula is C18H18FN5O. The van der Waals surface area contributed by atoms with Crippen molar-refractivity contribution in [3.63, 3.8) is 0 Å². The van der Waals surface area contributed by atoms with Gasteiger partial charge in [0, 0.05) is 12.2 Å². The molecule has 0 aliphatic carbocycles. The molecule has 7 heteroatoms. The van der Waals surface area contributed by atoms with Gasteiger partial charge in [0.05, 0.1) is 13.3 Å². The fourth-order valence-corrected chi connectivity index (χ4v) is 2.37. The molecule has 2 N–H and O–H groups in total. The van der Waals surface area contributed by atoms with Crippen LogP contribution >= 0.6 is 0 Å². The normalized spacial score (nSPS) is 10.3. The summed E-state index contributed by atoms with van der Waals surface area (Å²) >= 11 is 0. The number of rotatable bonds is 7. The topological polar surface area (TPSA) is 72.0 Å². The molecule has 0 atom stereocenters. The number of methoxy groups -OCH3 is 1. The van der Waals surface area contributed by atoms with Crippen molar-refractivity contribution in [2.24, 2.45) is 0 Å². The van der Waals surface area contributed by atoms with Crippen molar-refractivity contribution in [2.75, 3.05) is 24.3 Å². The van der Waals surface area contributed by atoms with E-state index in [2.05, 4.69) is 25.8 Å². The maximum atomic E-state index is 13.2. The van der Waals surface area contributed by atoms with E-state index in [0.717, 1.165) is 17.7 Å². The molecule has 0 radical (unpaired) electrons. The highest BCUT2D eigenvalue weighted by Crippen LogP contribution is 2.18. The zero-order valence-corrected chi connectivity index (χ0v) is 13.7. The van der Waals surface area contributed by atoms with Crippen LogP contribution in [-0.4, -0.2) is 28.8 Å². The van der Waals surface area contributed by atoms with Crippen LogP contribution in [0.25, 0.3) is 0 Å². The van der Waals surface area contributed by atoms with E-state index < -0.39 is 0 Å². The summed E-state index contributed by atoms with van der Waals surface area (Å²) in [7, 11) is 1.66. The Morgan fingerprint density at radius 3 is 2.84 bits per heavy atom. The molecule has 6 nitrogen and oxygen atoms in total. The van der Waals surface area contributed by atoms with Crippen LogP contribution in [0, 0.1) is 5.82 Å². The number of nitrogens with zero attached hydrogens (tertiary/aromatic N) is 3. The highest BCUT2D eigenvalue weighted by Gasteiger charge is 2.04. The molecule has 0 saturated carbocycles. The molecule has 2 aromatic carbocycles. The first-order chi connectivity index (χ1) is 12.2. The van der Waals surface area contributed by atoms with E-state index in [1.165, 1.54) is 12.1 Å². The Morgan fingerprint density at radius 1 is 1.12 bits per heavy atom. The van der Waals surface area contributed by atoms with Gasteiger partial charge in [-0.2, -0.15) is 10.1 Å². The third-order valence-electron chi connectivity index (χ3n) is 3.53. The number of halogens is 1. The van der Waals surface area contributed by atoms with Crippen molar-refractivity contribution < 1.29 is 9.13 Å². The predicted octanol–water partition coefficient (Wildman–Crippen LogP) is 3.42. The van der Waals surface area contributed by atoms with E-state index >= 15 is 0 Å². The molecule has 0 spiro atoms. The number of nitrogens with one attached hydrogen (secondary N) is 2. The molecule has 0 unspecified atom stereocenters. The minimum atomic E-state index is -0.330. The minimum Gasteiger partial charge on any atom is -0.496 e. The quantitative estimate of drug-likeness (QED) is 0.687. The highest BCUT2D eigenvalue weighted by atomic mass is 19.1. The Morgan fingerprint density at radius 2 is 2.00 bits per heavy atom. The molecular weight excluding hydrogens is 321 g/mol. The van der Waals surface area contributed by atoms with Crippen LogP contribution in [0.5, 0.6) is 5.75 Å². The number of ether oxygens (including phenoxy) is 1. The first kappa shape index (κ1) is 16.6. The number of anilines is 3. The molecule has 25 heavy (non-hydrogen) atoms. The Labute approximate surface area is 145 Å². The summed E-state index contributed by atoms with van der Waals surface area (Å²) < 4.78 is 18.6. The SMILES string of the molecule is COc1ccccc1CCNc1cnnc(Nc2cccc(F)c2)n1. The van der Waals surface area contributed by atoms with Gasteiger partial charge in [0.1, 0.15) is 11.6 Å². The van der Waals surface area contributed by atoms with E-state index in [9.17, 15) is 4.39 Å². The lowest BCUT2D eigenvalue weighted by Crippen LogP contribution is -2.09. The number of para-hydroxylation sites is 1. The lowest BCUT2D eigenvalue weighted by atomic mass is 10.1. The summed E-state index contributed by atoms with van der Waals surface area (Å²) in [6.07, 6.45) is 2.32. The van der Waals surface area contributed by atoms with Crippen molar-refractivity contribution in [2.45, 2.75) is 6.42 Å². The molecule has 128 valence electrons. The minimum absolute atomic E-state index is 0.299. The van der Waals surface area contributed by atoms with Crippen molar-refractivity contribution in [3.8, 4) is 5.75 Å². The maximum Gasteiger partial charge on any atom is 0.249 e. The van der Waals surface area contributed by atoms with Crippen molar-refractivity contribution in [3.05, 3.63) is 66.1 Å². The zero-order chi connectivity index (χ0) is 17.5. The molecule has 0 bridgehead atoms. The van der Waals surface area contributed by atoms with Gasteiger partial charge >= 0.3 is 0 Å². The van der Waals surface area contributed by atoms with Crippen LogP contribution in [0.2, 0.25) is 0 Å². The summed E-state index contributed by atoms with van der Waals surface area (Å²) in [6.45, 7) is 0.665. The van der Waals surface area contributed by atoms with Crippen LogP contribution in [0.3, 0.4) is 0 Å². The summed E-state index contributed by atoms with van der Waals surface area (Å²) in [5.41, 5.74) is 1.67. The van der Waals surface area contributed by atoms with E-state index in [4.69, 9.17) is 4.74 Å². The molecule has 3 rings (SSSR count). The van der Waals surface area contributed by atoms with Crippen molar-refractivity contribution in [1.82, 2.24) is 15.2 Å². The molecule has 0 amide bonds. The van der Waals surface area contributed by atoms with Crippen LogP contribution in [0.4, 0.5) is 21.8 Å². The summed E-state index contributed by atoms with van der Waals surface area (Å²) in [5.74, 6) is 1.42. The van der Waals surface area contributed by atoms with Gasteiger partial charge in [0.25, 0.3) is 0 Å². The molecule has 3 aromatic rings. The fourth-order valence-electron chi connectivity index (χ4n) is 2.37. The lowest BCUT2D eigenvalue weighted by Gasteiger charge is -2.10. The maximum absolute atomic E-state index is 13.2. The molecule has 0 aliphatic heterocycles. The average molecular weight is 339 g/mol. The largest absolute Gasteiger partial charge is 0.496 e. The monoisotopic (exact) mass is 339 g/mol. The number of hydrogen-bond donors (Lipinski definition) is 2. The summed E-state index contributed by atoms with van der Waals surface area (Å²) in [5, 5.41) is 13.9. The van der Waals surface area contributed by atoms with E-state index in [-0.39, 0.29) is 5.82 Å². The first-order valence-corrected chi connectivity index (χ1v) is 7.82. The van der Waals surface area contributed by atoms with E-state index in [1.54, 1.807) is 25.4 Å². The third kappa shape index (κ3) is 4.63. The van der Waals surface area contributed by atoms with Crippen LogP contribution in [0.15, 0.2) is 54.7 Å². The standard InChI is InChI=1S/C18H18FN5O/c1-25-16-8-3-2-5-13(16)9-10-20-17-12-21-24-18(23-17)22-15-7-4-6-14(19)11-15/h2-8,11-12H,9-10H2,1H3,(H2,20,22,23,24). The molecule has 0 fully saturated rings. The van der Waals surface area contributed by atoms with E-state index in [1.807, 2.05) is 24.3 Å². The second-order valence-corrected chi connectivity index (χ2v) is 5.29. The van der Waals surface area contributed by atoms with Crippen molar-refractivity contribution in [1.29, 1.82) is 0 Å². The summed E-state index contributed by atoms with van der Waals surface area (Å²) in [6, 6.07) is 14.0. The Bertz CT molecular complexity index is 843. The number of hydrogen-bond acceptors (Lipinski definition) is 6. The van der Waals surface area contributed by atoms with Crippen LogP contribution in [-0.2, 0) is 6.42 Å².